The number of nitrogens with zero attached hydrogens (tertiary/aromatic N) is 2. The fraction of sp³-hybridized carbons (Fsp3) is 0.0455. The second-order valence-corrected chi connectivity index (χ2v) is 6.21. The molecule has 0 bridgehead atoms. The van der Waals surface area contributed by atoms with E-state index in [1.807, 2.05) is 77.4 Å². The van der Waals surface area contributed by atoms with Crippen LogP contribution in [0.4, 0.5) is 0 Å². The Hall–Kier alpha value is -3.53. The molecule has 0 saturated carbocycles. The highest BCUT2D eigenvalue weighted by Gasteiger charge is 2.20. The van der Waals surface area contributed by atoms with Gasteiger partial charge in [-0.1, -0.05) is 54.6 Å². The first-order chi connectivity index (χ1) is 12.8. The van der Waals surface area contributed by atoms with Crippen LogP contribution in [0.15, 0.2) is 83.7 Å². The Morgan fingerprint density at radius 2 is 1.31 bits per heavy atom. The van der Waals surface area contributed by atoms with Crippen molar-refractivity contribution in [3.05, 3.63) is 89.2 Å². The third kappa shape index (κ3) is 1.87. The first kappa shape index (κ1) is 14.8. The van der Waals surface area contributed by atoms with Gasteiger partial charge in [-0.05, 0) is 24.3 Å². The topological polar surface area (TPSA) is 36.2 Å². The molecule has 0 atom stereocenters. The van der Waals surface area contributed by atoms with Gasteiger partial charge >= 0.3 is 5.56 Å². The Balaban J connectivity index is 2.15. The van der Waals surface area contributed by atoms with Crippen molar-refractivity contribution in [2.24, 2.45) is 0 Å². The lowest BCUT2D eigenvalue weighted by atomic mass is 10.1. The molecule has 5 rings (SSSR count). The zero-order valence-corrected chi connectivity index (χ0v) is 14.2. The van der Waals surface area contributed by atoms with Crippen LogP contribution in [0.25, 0.3) is 38.4 Å². The number of para-hydroxylation sites is 3. The van der Waals surface area contributed by atoms with Crippen LogP contribution in [0.5, 0.6) is 0 Å². The van der Waals surface area contributed by atoms with Gasteiger partial charge in [-0.3, -0.25) is 4.79 Å². The Morgan fingerprint density at radius 3 is 2.00 bits per heavy atom. The predicted molar refractivity (Wildman–Crippen MR) is 105 cm³/mol. The summed E-state index contributed by atoms with van der Waals surface area (Å²) in [6.45, 7) is 0. The molecule has 126 valence electrons. The number of aromatic nitrogens is 2. The van der Waals surface area contributed by atoms with E-state index in [4.69, 9.17) is 4.84 Å². The molecule has 0 amide bonds. The van der Waals surface area contributed by atoms with Gasteiger partial charge in [0.2, 0.25) is 0 Å². The van der Waals surface area contributed by atoms with Crippen molar-refractivity contribution in [3.8, 4) is 5.69 Å². The highest BCUT2D eigenvalue weighted by molar-refractivity contribution is 6.20. The summed E-state index contributed by atoms with van der Waals surface area (Å²) in [4.78, 5) is 18.8. The summed E-state index contributed by atoms with van der Waals surface area (Å²) in [6, 6.07) is 25.9. The van der Waals surface area contributed by atoms with Gasteiger partial charge < -0.3 is 9.40 Å². The Morgan fingerprint density at radius 1 is 0.731 bits per heavy atom. The normalized spacial score (nSPS) is 11.4. The highest BCUT2D eigenvalue weighted by atomic mass is 16.6. The van der Waals surface area contributed by atoms with Gasteiger partial charge in [0, 0.05) is 21.8 Å². The number of hydrogen-bond donors (Lipinski definition) is 0. The van der Waals surface area contributed by atoms with Crippen molar-refractivity contribution in [1.82, 2.24) is 9.30 Å². The molecular weight excluding hydrogens is 324 g/mol. The summed E-state index contributed by atoms with van der Waals surface area (Å²) >= 11 is 0. The van der Waals surface area contributed by atoms with Gasteiger partial charge in [-0.15, -0.1) is 4.73 Å². The largest absolute Gasteiger partial charge is 0.413 e. The van der Waals surface area contributed by atoms with E-state index in [0.717, 1.165) is 32.9 Å². The second-order valence-electron chi connectivity index (χ2n) is 6.21. The standard InChI is InChI=1S/C22H16N2O2/c1-26-24-19-14-8-6-12-17(19)20-16-11-5-7-13-18(16)23(21(20)22(24)25)15-9-3-2-4-10-15/h2-14H,1H3. The summed E-state index contributed by atoms with van der Waals surface area (Å²) in [5, 5.41) is 3.01. The lowest BCUT2D eigenvalue weighted by Gasteiger charge is -2.11. The van der Waals surface area contributed by atoms with E-state index in [0.29, 0.717) is 5.52 Å². The zero-order valence-electron chi connectivity index (χ0n) is 14.2. The first-order valence-electron chi connectivity index (χ1n) is 8.48. The average molecular weight is 340 g/mol. The van der Waals surface area contributed by atoms with Crippen LogP contribution in [0.1, 0.15) is 0 Å². The van der Waals surface area contributed by atoms with E-state index in [-0.39, 0.29) is 5.56 Å². The highest BCUT2D eigenvalue weighted by Crippen LogP contribution is 2.34. The molecule has 0 spiro atoms. The smallest absolute Gasteiger partial charge is 0.308 e. The Labute approximate surface area is 149 Å². The van der Waals surface area contributed by atoms with Gasteiger partial charge in [0.25, 0.3) is 0 Å². The minimum Gasteiger partial charge on any atom is -0.413 e. The lowest BCUT2D eigenvalue weighted by Crippen LogP contribution is -2.26. The summed E-state index contributed by atoms with van der Waals surface area (Å²) in [7, 11) is 1.52. The molecule has 26 heavy (non-hydrogen) atoms. The maximum Gasteiger partial charge on any atom is 0.308 e. The number of rotatable bonds is 2. The van der Waals surface area contributed by atoms with Crippen molar-refractivity contribution in [2.45, 2.75) is 0 Å². The van der Waals surface area contributed by atoms with E-state index in [1.165, 1.54) is 11.8 Å². The van der Waals surface area contributed by atoms with Gasteiger partial charge in [0.1, 0.15) is 12.6 Å². The fourth-order valence-corrected chi connectivity index (χ4v) is 3.81. The Bertz CT molecular complexity index is 1330. The van der Waals surface area contributed by atoms with Gasteiger partial charge in [-0.2, -0.15) is 0 Å². The molecule has 0 N–H and O–H groups in total. The number of fused-ring (bicyclic) bond motifs is 5. The summed E-state index contributed by atoms with van der Waals surface area (Å²) in [5.41, 5.74) is 3.18. The molecule has 0 aliphatic heterocycles. The maximum absolute atomic E-state index is 13.4. The fourth-order valence-electron chi connectivity index (χ4n) is 3.81. The third-order valence-electron chi connectivity index (χ3n) is 4.85. The van der Waals surface area contributed by atoms with Gasteiger partial charge in [0.15, 0.2) is 0 Å². The van der Waals surface area contributed by atoms with Crippen molar-refractivity contribution < 1.29 is 4.84 Å². The van der Waals surface area contributed by atoms with E-state index < -0.39 is 0 Å². The van der Waals surface area contributed by atoms with Gasteiger partial charge in [-0.25, -0.2) is 0 Å². The molecule has 0 fully saturated rings. The molecule has 5 aromatic rings. The first-order valence-corrected chi connectivity index (χ1v) is 8.48. The zero-order chi connectivity index (χ0) is 17.7. The SMILES string of the molecule is COn1c(=O)c2c(c3ccccc31)c1ccccc1n2-c1ccccc1. The molecular formula is C22H16N2O2. The van der Waals surface area contributed by atoms with Crippen LogP contribution in [0, 0.1) is 0 Å². The van der Waals surface area contributed by atoms with Crippen molar-refractivity contribution in [1.29, 1.82) is 0 Å². The number of hydrogen-bond acceptors (Lipinski definition) is 2. The molecule has 0 aliphatic carbocycles. The monoisotopic (exact) mass is 340 g/mol. The third-order valence-corrected chi connectivity index (χ3v) is 4.85. The van der Waals surface area contributed by atoms with Crippen molar-refractivity contribution in [2.75, 3.05) is 7.11 Å². The van der Waals surface area contributed by atoms with E-state index in [1.54, 1.807) is 0 Å². The van der Waals surface area contributed by atoms with Crippen LogP contribution in [0.2, 0.25) is 0 Å². The molecule has 0 unspecified atom stereocenters. The molecule has 0 saturated heterocycles. The molecule has 4 heteroatoms. The molecule has 2 heterocycles. The van der Waals surface area contributed by atoms with Crippen LogP contribution >= 0.6 is 0 Å². The summed E-state index contributed by atoms with van der Waals surface area (Å²) in [6.07, 6.45) is 0. The summed E-state index contributed by atoms with van der Waals surface area (Å²) in [5.74, 6) is 0. The molecule has 0 radical (unpaired) electrons. The van der Waals surface area contributed by atoms with Crippen LogP contribution < -0.4 is 10.4 Å². The van der Waals surface area contributed by atoms with Crippen LogP contribution in [-0.4, -0.2) is 16.4 Å². The van der Waals surface area contributed by atoms with Crippen molar-refractivity contribution >= 4 is 32.7 Å². The van der Waals surface area contributed by atoms with E-state index in [2.05, 4.69) is 6.07 Å². The van der Waals surface area contributed by atoms with E-state index >= 15 is 0 Å². The van der Waals surface area contributed by atoms with Crippen molar-refractivity contribution in [3.63, 3.8) is 0 Å². The quantitative estimate of drug-likeness (QED) is 0.484. The average Bonchev–Trinajstić information content (AvgIpc) is 3.05. The molecule has 4 nitrogen and oxygen atoms in total. The minimum absolute atomic E-state index is 0.166. The van der Waals surface area contributed by atoms with E-state index in [9.17, 15) is 4.79 Å². The van der Waals surface area contributed by atoms with Crippen LogP contribution in [-0.2, 0) is 0 Å². The minimum atomic E-state index is -0.166. The summed E-state index contributed by atoms with van der Waals surface area (Å²) < 4.78 is 3.39. The predicted octanol–water partition coefficient (Wildman–Crippen LogP) is 4.16. The maximum atomic E-state index is 13.4. The number of benzene rings is 3. The Kier molecular flexibility index (Phi) is 3.12. The molecule has 0 aliphatic rings. The van der Waals surface area contributed by atoms with Crippen LogP contribution in [0.3, 0.4) is 0 Å². The second kappa shape index (κ2) is 5.49. The molecule has 2 aromatic heterocycles. The lowest BCUT2D eigenvalue weighted by molar-refractivity contribution is 0.170. The number of pyridine rings is 1. The molecule has 3 aromatic carbocycles. The van der Waals surface area contributed by atoms with Gasteiger partial charge in [0.05, 0.1) is 11.0 Å².